The van der Waals surface area contributed by atoms with E-state index in [1.807, 2.05) is 0 Å². The van der Waals surface area contributed by atoms with Gasteiger partial charge in [-0.2, -0.15) is 0 Å². The van der Waals surface area contributed by atoms with Gasteiger partial charge in [0.25, 0.3) is 0 Å². The van der Waals surface area contributed by atoms with Crippen LogP contribution < -0.4 is 9.47 Å². The number of halogens is 1. The molecule has 0 atom stereocenters. The molecular formula is C20H15ClO6. The summed E-state index contributed by atoms with van der Waals surface area (Å²) in [5.74, 6) is -1.28. The predicted molar refractivity (Wildman–Crippen MR) is 99.6 cm³/mol. The molecule has 0 unspecified atom stereocenters. The Balaban J connectivity index is 2.18. The summed E-state index contributed by atoms with van der Waals surface area (Å²) in [5.41, 5.74) is 0.883. The molecule has 0 aliphatic carbocycles. The molecule has 7 heteroatoms. The zero-order valence-electron chi connectivity index (χ0n) is 14.5. The van der Waals surface area contributed by atoms with Gasteiger partial charge in [-0.25, -0.2) is 9.59 Å². The largest absolute Gasteiger partial charge is 0.493 e. The molecule has 0 radical (unpaired) electrons. The molecule has 27 heavy (non-hydrogen) atoms. The Hall–Kier alpha value is -3.25. The molecule has 1 aliphatic rings. The molecular weight excluding hydrogens is 372 g/mol. The second-order valence-corrected chi connectivity index (χ2v) is 6.01. The predicted octanol–water partition coefficient (Wildman–Crippen LogP) is 3.79. The highest BCUT2D eigenvalue weighted by molar-refractivity contribution is 6.30. The third-order valence-corrected chi connectivity index (χ3v) is 4.21. The Morgan fingerprint density at radius 1 is 1.07 bits per heavy atom. The lowest BCUT2D eigenvalue weighted by Crippen LogP contribution is -2.09. The summed E-state index contributed by atoms with van der Waals surface area (Å²) >= 11 is 5.88. The fraction of sp³-hybridized carbons (Fsp3) is 0.100. The van der Waals surface area contributed by atoms with E-state index < -0.39 is 17.5 Å². The van der Waals surface area contributed by atoms with Crippen LogP contribution in [0.5, 0.6) is 11.5 Å². The summed E-state index contributed by atoms with van der Waals surface area (Å²) in [6, 6.07) is 11.7. The molecule has 0 spiro atoms. The number of carbonyl (C=O) groups excluding carboxylic acids is 1. The zero-order chi connectivity index (χ0) is 19.6. The van der Waals surface area contributed by atoms with E-state index in [0.717, 1.165) is 0 Å². The zero-order valence-corrected chi connectivity index (χ0v) is 15.2. The van der Waals surface area contributed by atoms with Crippen molar-refractivity contribution in [3.63, 3.8) is 0 Å². The van der Waals surface area contributed by atoms with Crippen molar-refractivity contribution >= 4 is 35.2 Å². The van der Waals surface area contributed by atoms with E-state index in [9.17, 15) is 14.7 Å². The van der Waals surface area contributed by atoms with Gasteiger partial charge in [0.1, 0.15) is 5.76 Å². The lowest BCUT2D eigenvalue weighted by molar-refractivity contribution is -0.139. The monoisotopic (exact) mass is 386 g/mol. The van der Waals surface area contributed by atoms with E-state index in [1.54, 1.807) is 48.5 Å². The smallest absolute Gasteiger partial charge is 0.351 e. The van der Waals surface area contributed by atoms with Crippen LogP contribution in [0.1, 0.15) is 11.1 Å². The molecule has 1 N–H and O–H groups in total. The number of hydrogen-bond acceptors (Lipinski definition) is 5. The van der Waals surface area contributed by atoms with Crippen LogP contribution in [0.3, 0.4) is 0 Å². The van der Waals surface area contributed by atoms with Gasteiger partial charge in [-0.05, 0) is 41.5 Å². The van der Waals surface area contributed by atoms with Crippen molar-refractivity contribution in [1.29, 1.82) is 0 Å². The average molecular weight is 387 g/mol. The SMILES string of the molecule is COc1ccc(C2=C(C(=O)O)C(=O)O/C2=C\c2ccc(Cl)cc2)cc1OC. The third kappa shape index (κ3) is 3.66. The molecule has 0 saturated heterocycles. The highest BCUT2D eigenvalue weighted by Crippen LogP contribution is 2.39. The van der Waals surface area contributed by atoms with Gasteiger partial charge in [-0.1, -0.05) is 29.8 Å². The minimum absolute atomic E-state index is 0.131. The molecule has 0 fully saturated rings. The van der Waals surface area contributed by atoms with Crippen LogP contribution in [0.15, 0.2) is 53.8 Å². The van der Waals surface area contributed by atoms with E-state index >= 15 is 0 Å². The number of aliphatic carboxylic acids is 1. The number of cyclic esters (lactones) is 1. The number of hydrogen-bond donors (Lipinski definition) is 1. The third-order valence-electron chi connectivity index (χ3n) is 3.96. The molecule has 0 amide bonds. The van der Waals surface area contributed by atoms with Gasteiger partial charge < -0.3 is 19.3 Å². The van der Waals surface area contributed by atoms with Crippen LogP contribution in [0, 0.1) is 0 Å². The number of ether oxygens (including phenoxy) is 3. The number of carboxylic acids is 1. The van der Waals surface area contributed by atoms with Crippen molar-refractivity contribution in [2.45, 2.75) is 0 Å². The molecule has 2 aromatic carbocycles. The number of esters is 1. The molecule has 0 aromatic heterocycles. The van der Waals surface area contributed by atoms with Gasteiger partial charge in [0.15, 0.2) is 17.1 Å². The lowest BCUT2D eigenvalue weighted by atomic mass is 9.98. The van der Waals surface area contributed by atoms with E-state index in [-0.39, 0.29) is 11.3 Å². The normalized spacial score (nSPS) is 15.1. The van der Waals surface area contributed by atoms with Crippen molar-refractivity contribution in [2.75, 3.05) is 14.2 Å². The fourth-order valence-corrected chi connectivity index (χ4v) is 2.84. The van der Waals surface area contributed by atoms with Crippen molar-refractivity contribution in [3.8, 4) is 11.5 Å². The maximum atomic E-state index is 12.2. The van der Waals surface area contributed by atoms with E-state index in [1.165, 1.54) is 14.2 Å². The van der Waals surface area contributed by atoms with Crippen LogP contribution >= 0.6 is 11.6 Å². The molecule has 0 bridgehead atoms. The minimum Gasteiger partial charge on any atom is -0.493 e. The summed E-state index contributed by atoms with van der Waals surface area (Å²) in [6.07, 6.45) is 1.58. The van der Waals surface area contributed by atoms with Gasteiger partial charge in [0.2, 0.25) is 0 Å². The first-order valence-corrected chi connectivity index (χ1v) is 8.22. The van der Waals surface area contributed by atoms with Crippen LogP contribution in [-0.2, 0) is 14.3 Å². The second-order valence-electron chi connectivity index (χ2n) is 5.57. The Morgan fingerprint density at radius 2 is 1.74 bits per heavy atom. The van der Waals surface area contributed by atoms with Gasteiger partial charge in [0.05, 0.1) is 14.2 Å². The van der Waals surface area contributed by atoms with Crippen molar-refractivity contribution in [3.05, 3.63) is 69.9 Å². The maximum Gasteiger partial charge on any atom is 0.351 e. The molecule has 1 aliphatic heterocycles. The van der Waals surface area contributed by atoms with Crippen molar-refractivity contribution < 1.29 is 28.9 Å². The first-order valence-electron chi connectivity index (χ1n) is 7.84. The summed E-state index contributed by atoms with van der Waals surface area (Å²) in [7, 11) is 2.96. The highest BCUT2D eigenvalue weighted by atomic mass is 35.5. The summed E-state index contributed by atoms with van der Waals surface area (Å²) < 4.78 is 15.7. The quantitative estimate of drug-likeness (QED) is 0.621. The van der Waals surface area contributed by atoms with E-state index in [2.05, 4.69) is 0 Å². The Kier molecular flexibility index (Phi) is 5.19. The second kappa shape index (κ2) is 7.55. The standard InChI is InChI=1S/C20H15ClO6/c1-25-14-8-5-12(10-15(14)26-2)17-16(27-20(24)18(17)19(22)23)9-11-3-6-13(21)7-4-11/h3-10H,1-2H3,(H,22,23)/b16-9-. The highest BCUT2D eigenvalue weighted by Gasteiger charge is 2.36. The molecule has 2 aromatic rings. The van der Waals surface area contributed by atoms with Crippen molar-refractivity contribution in [2.24, 2.45) is 0 Å². The maximum absolute atomic E-state index is 12.2. The number of carboxylic acid groups (broad SMARTS) is 1. The summed E-state index contributed by atoms with van der Waals surface area (Å²) in [5, 5.41) is 10.1. The van der Waals surface area contributed by atoms with Gasteiger partial charge in [0, 0.05) is 10.6 Å². The van der Waals surface area contributed by atoms with E-state index in [4.69, 9.17) is 25.8 Å². The molecule has 0 saturated carbocycles. The average Bonchev–Trinajstić information content (AvgIpc) is 2.99. The van der Waals surface area contributed by atoms with Crippen LogP contribution in [0.25, 0.3) is 11.6 Å². The molecule has 138 valence electrons. The first kappa shape index (κ1) is 18.5. The molecule has 1 heterocycles. The van der Waals surface area contributed by atoms with Crippen LogP contribution in [-0.4, -0.2) is 31.3 Å². The number of methoxy groups -OCH3 is 2. The van der Waals surface area contributed by atoms with Crippen LogP contribution in [0.4, 0.5) is 0 Å². The van der Waals surface area contributed by atoms with Crippen LogP contribution in [0.2, 0.25) is 5.02 Å². The number of carbonyl (C=O) groups is 2. The first-order chi connectivity index (χ1) is 12.9. The van der Waals surface area contributed by atoms with Crippen molar-refractivity contribution in [1.82, 2.24) is 0 Å². The molecule has 3 rings (SSSR count). The van der Waals surface area contributed by atoms with Gasteiger partial charge in [-0.3, -0.25) is 0 Å². The number of rotatable bonds is 5. The minimum atomic E-state index is -1.37. The van der Waals surface area contributed by atoms with E-state index in [0.29, 0.717) is 27.6 Å². The van der Waals surface area contributed by atoms with Gasteiger partial charge >= 0.3 is 11.9 Å². The number of benzene rings is 2. The lowest BCUT2D eigenvalue weighted by Gasteiger charge is -2.11. The Morgan fingerprint density at radius 3 is 2.33 bits per heavy atom. The molecule has 6 nitrogen and oxygen atoms in total. The summed E-state index contributed by atoms with van der Waals surface area (Å²) in [6.45, 7) is 0. The number of allylic oxidation sites excluding steroid dienone is 1. The fourth-order valence-electron chi connectivity index (χ4n) is 2.71. The Labute approximate surface area is 160 Å². The van der Waals surface area contributed by atoms with Gasteiger partial charge in [-0.15, -0.1) is 0 Å². The summed E-state index contributed by atoms with van der Waals surface area (Å²) in [4.78, 5) is 23.8. The topological polar surface area (TPSA) is 82.1 Å². The Bertz CT molecular complexity index is 972.